The van der Waals surface area contributed by atoms with Gasteiger partial charge in [0.25, 0.3) is 0 Å². The number of nitrogens with one attached hydrogen (secondary N) is 1. The molecule has 37 heavy (non-hydrogen) atoms. The summed E-state index contributed by atoms with van der Waals surface area (Å²) in [5.74, 6) is 1.41. The number of methoxy groups -OCH3 is 1. The summed E-state index contributed by atoms with van der Waals surface area (Å²) in [6, 6.07) is 10.6. The van der Waals surface area contributed by atoms with E-state index in [9.17, 15) is 0 Å². The van der Waals surface area contributed by atoms with Gasteiger partial charge in [-0.2, -0.15) is 9.97 Å². The Balaban J connectivity index is 1.48. The van der Waals surface area contributed by atoms with Gasteiger partial charge in [-0.3, -0.25) is 4.98 Å². The lowest BCUT2D eigenvalue weighted by molar-refractivity contribution is 0.127. The van der Waals surface area contributed by atoms with Crippen molar-refractivity contribution in [2.75, 3.05) is 30.4 Å². The van der Waals surface area contributed by atoms with E-state index < -0.39 is 0 Å². The van der Waals surface area contributed by atoms with E-state index in [1.54, 1.807) is 13.4 Å². The molecule has 0 aliphatic carbocycles. The Morgan fingerprint density at radius 3 is 2.62 bits per heavy atom. The molecule has 1 saturated heterocycles. The number of imidazole rings is 1. The van der Waals surface area contributed by atoms with Gasteiger partial charge in [-0.05, 0) is 59.2 Å². The fraction of sp³-hybridized carbons (Fsp3) is 0.379. The average molecular weight is 498 g/mol. The van der Waals surface area contributed by atoms with E-state index in [1.807, 2.05) is 36.1 Å². The van der Waals surface area contributed by atoms with Crippen LogP contribution < -0.4 is 10.2 Å². The normalized spacial score (nSPS) is 17.5. The molecule has 192 valence electrons. The Morgan fingerprint density at radius 2 is 1.89 bits per heavy atom. The Labute approximate surface area is 218 Å². The minimum Gasteiger partial charge on any atom is -0.375 e. The zero-order valence-electron chi connectivity index (χ0n) is 22.5. The molecule has 1 unspecified atom stereocenters. The summed E-state index contributed by atoms with van der Waals surface area (Å²) in [7, 11) is 3.73. The number of ether oxygens (including phenoxy) is 1. The number of pyridine rings is 1. The van der Waals surface area contributed by atoms with Gasteiger partial charge in [0, 0.05) is 38.8 Å². The number of fused-ring (bicyclic) bond motifs is 1. The number of rotatable bonds is 5. The molecular formula is C29H35N7O. The van der Waals surface area contributed by atoms with Crippen molar-refractivity contribution >= 4 is 34.7 Å². The van der Waals surface area contributed by atoms with Crippen LogP contribution in [0, 0.1) is 6.92 Å². The molecule has 4 aromatic rings. The molecule has 1 atom stereocenters. The van der Waals surface area contributed by atoms with E-state index in [2.05, 4.69) is 72.2 Å². The third kappa shape index (κ3) is 5.20. The van der Waals surface area contributed by atoms with E-state index >= 15 is 0 Å². The molecule has 1 aliphatic rings. The summed E-state index contributed by atoms with van der Waals surface area (Å²) in [5.41, 5.74) is 7.45. The van der Waals surface area contributed by atoms with Crippen LogP contribution in [0.5, 0.6) is 0 Å². The highest BCUT2D eigenvalue weighted by atomic mass is 16.5. The maximum absolute atomic E-state index is 5.89. The lowest BCUT2D eigenvalue weighted by atomic mass is 9.86. The summed E-state index contributed by atoms with van der Waals surface area (Å²) in [4.78, 5) is 20.7. The number of piperidine rings is 1. The van der Waals surface area contributed by atoms with Crippen molar-refractivity contribution in [1.82, 2.24) is 24.5 Å². The van der Waals surface area contributed by atoms with Gasteiger partial charge in [-0.15, -0.1) is 0 Å². The molecule has 0 spiro atoms. The Bertz CT molecular complexity index is 1440. The Morgan fingerprint density at radius 1 is 1.11 bits per heavy atom. The summed E-state index contributed by atoms with van der Waals surface area (Å²) >= 11 is 0. The van der Waals surface area contributed by atoms with Gasteiger partial charge in [0.2, 0.25) is 5.95 Å². The van der Waals surface area contributed by atoms with E-state index in [0.717, 1.165) is 41.1 Å². The van der Waals surface area contributed by atoms with Crippen LogP contribution in [0.25, 0.3) is 17.2 Å². The van der Waals surface area contributed by atoms with Gasteiger partial charge < -0.3 is 19.5 Å². The first-order valence-electron chi connectivity index (χ1n) is 12.7. The van der Waals surface area contributed by atoms with E-state index in [4.69, 9.17) is 14.7 Å². The monoisotopic (exact) mass is 497 g/mol. The first kappa shape index (κ1) is 24.9. The molecular weight excluding hydrogens is 462 g/mol. The molecule has 4 heterocycles. The molecule has 8 nitrogen and oxygen atoms in total. The number of hydrogen-bond acceptors (Lipinski definition) is 7. The molecule has 0 bridgehead atoms. The van der Waals surface area contributed by atoms with Crippen LogP contribution in [0.3, 0.4) is 0 Å². The first-order chi connectivity index (χ1) is 17.7. The molecule has 1 aliphatic heterocycles. The number of hydrogen-bond donors (Lipinski definition) is 1. The van der Waals surface area contributed by atoms with Gasteiger partial charge in [-0.25, -0.2) is 4.98 Å². The lowest BCUT2D eigenvalue weighted by Gasteiger charge is -2.34. The van der Waals surface area contributed by atoms with Crippen LogP contribution in [0.4, 0.5) is 17.5 Å². The molecule has 0 radical (unpaired) electrons. The summed E-state index contributed by atoms with van der Waals surface area (Å²) in [6.07, 6.45) is 8.43. The largest absolute Gasteiger partial charge is 0.375 e. The van der Waals surface area contributed by atoms with Gasteiger partial charge in [0.05, 0.1) is 19.0 Å². The Kier molecular flexibility index (Phi) is 6.69. The quantitative estimate of drug-likeness (QED) is 0.394. The summed E-state index contributed by atoms with van der Waals surface area (Å²) < 4.78 is 7.86. The van der Waals surface area contributed by atoms with Crippen LogP contribution in [-0.4, -0.2) is 50.8 Å². The third-order valence-corrected chi connectivity index (χ3v) is 7.01. The molecule has 1 aromatic carbocycles. The minimum atomic E-state index is -0.0490. The van der Waals surface area contributed by atoms with Crippen molar-refractivity contribution < 1.29 is 4.74 Å². The SMILES string of the molecule is COC1CN(c2nc(Nc3cc(C(C)(C)C)ccc3C)c3c(ncn3C)n2)CCC1=Cc1ccncc1. The van der Waals surface area contributed by atoms with Crippen molar-refractivity contribution in [3.63, 3.8) is 0 Å². The number of anilines is 3. The highest BCUT2D eigenvalue weighted by molar-refractivity contribution is 5.87. The highest BCUT2D eigenvalue weighted by Crippen LogP contribution is 2.32. The second-order valence-electron chi connectivity index (χ2n) is 10.7. The van der Waals surface area contributed by atoms with Crippen LogP contribution >= 0.6 is 0 Å². The number of benzene rings is 1. The van der Waals surface area contributed by atoms with Crippen molar-refractivity contribution in [3.05, 3.63) is 71.3 Å². The fourth-order valence-corrected chi connectivity index (χ4v) is 4.70. The summed E-state index contributed by atoms with van der Waals surface area (Å²) in [6.45, 7) is 10.3. The van der Waals surface area contributed by atoms with Crippen LogP contribution in [0.15, 0.2) is 54.6 Å². The van der Waals surface area contributed by atoms with Crippen LogP contribution in [0.1, 0.15) is 43.9 Å². The van der Waals surface area contributed by atoms with E-state index in [1.165, 1.54) is 11.1 Å². The van der Waals surface area contributed by atoms with Gasteiger partial charge in [-0.1, -0.05) is 39.0 Å². The maximum Gasteiger partial charge on any atom is 0.229 e. The number of aromatic nitrogens is 5. The average Bonchev–Trinajstić information content (AvgIpc) is 3.26. The zero-order valence-corrected chi connectivity index (χ0v) is 22.5. The highest BCUT2D eigenvalue weighted by Gasteiger charge is 2.27. The standard InChI is InChI=1S/C29H35N7O/c1-19-7-8-22(29(2,3)4)16-23(19)32-27-25-26(31-18-35(25)5)33-28(34-27)36-14-11-21(24(17-36)37-6)15-20-9-12-30-13-10-20/h7-10,12-13,15-16,18,24H,11,14,17H2,1-6H3,(H,32,33,34). The molecule has 0 saturated carbocycles. The van der Waals surface area contributed by atoms with Crippen molar-refractivity contribution in [1.29, 1.82) is 0 Å². The lowest BCUT2D eigenvalue weighted by Crippen LogP contribution is -2.41. The second kappa shape index (κ2) is 9.94. The smallest absolute Gasteiger partial charge is 0.229 e. The van der Waals surface area contributed by atoms with Crippen molar-refractivity contribution in [3.8, 4) is 0 Å². The molecule has 0 amide bonds. The Hall–Kier alpha value is -3.78. The van der Waals surface area contributed by atoms with Crippen LogP contribution in [-0.2, 0) is 17.2 Å². The van der Waals surface area contributed by atoms with Gasteiger partial charge >= 0.3 is 0 Å². The van der Waals surface area contributed by atoms with Crippen molar-refractivity contribution in [2.24, 2.45) is 7.05 Å². The first-order valence-corrected chi connectivity index (χ1v) is 12.7. The number of aryl methyl sites for hydroxylation is 2. The van der Waals surface area contributed by atoms with E-state index in [0.29, 0.717) is 18.1 Å². The van der Waals surface area contributed by atoms with E-state index in [-0.39, 0.29) is 11.5 Å². The fourth-order valence-electron chi connectivity index (χ4n) is 4.70. The molecule has 3 aromatic heterocycles. The van der Waals surface area contributed by atoms with Crippen LogP contribution in [0.2, 0.25) is 0 Å². The molecule has 5 rings (SSSR count). The predicted molar refractivity (Wildman–Crippen MR) is 149 cm³/mol. The maximum atomic E-state index is 5.89. The second-order valence-corrected chi connectivity index (χ2v) is 10.7. The zero-order chi connectivity index (χ0) is 26.2. The molecule has 8 heteroatoms. The molecule has 1 N–H and O–H groups in total. The number of nitrogens with zero attached hydrogens (tertiary/aromatic N) is 6. The summed E-state index contributed by atoms with van der Waals surface area (Å²) in [5, 5.41) is 3.61. The predicted octanol–water partition coefficient (Wildman–Crippen LogP) is 5.42. The topological polar surface area (TPSA) is 81.0 Å². The third-order valence-electron chi connectivity index (χ3n) is 7.01. The molecule has 1 fully saturated rings. The van der Waals surface area contributed by atoms with Crippen molar-refractivity contribution in [2.45, 2.75) is 45.6 Å². The van der Waals surface area contributed by atoms with Gasteiger partial charge in [0.15, 0.2) is 11.5 Å². The minimum absolute atomic E-state index is 0.0489. The van der Waals surface area contributed by atoms with Gasteiger partial charge in [0.1, 0.15) is 5.52 Å².